The van der Waals surface area contributed by atoms with E-state index in [4.69, 9.17) is 28.0 Å². The number of aliphatic carboxylic acids is 1. The number of carbonyl (C=O) groups excluding carboxylic acids is 3. The maximum absolute atomic E-state index is 10.8. The Morgan fingerprint density at radius 2 is 1.65 bits per heavy atom. The Labute approximate surface area is 134 Å². The first kappa shape index (κ1) is 23.1. The van der Waals surface area contributed by atoms with Crippen LogP contribution < -0.4 is 28.3 Å². The molecule has 23 heavy (non-hydrogen) atoms. The lowest BCUT2D eigenvalue weighted by Crippen LogP contribution is -2.43. The van der Waals surface area contributed by atoms with Crippen LogP contribution >= 0.6 is 0 Å². The van der Waals surface area contributed by atoms with Gasteiger partial charge in [0.2, 0.25) is 17.7 Å². The summed E-state index contributed by atoms with van der Waals surface area (Å²) in [6, 6.07) is -1.53. The molecule has 0 heterocycles. The number of carboxylic acid groups (broad SMARTS) is 1. The minimum absolute atomic E-state index is 0.0213. The number of nitrogens with two attached hydrogens (primary N) is 4. The molecule has 0 aromatic carbocycles. The number of carboxylic acids is 1. The Morgan fingerprint density at radius 3 is 2.00 bits per heavy atom. The number of hydrogen-bond acceptors (Lipinski definition) is 6. The van der Waals surface area contributed by atoms with E-state index in [0.717, 1.165) is 12.8 Å². The van der Waals surface area contributed by atoms with Crippen LogP contribution in [0.3, 0.4) is 0 Å². The smallest absolute Gasteiger partial charge is 0.320 e. The van der Waals surface area contributed by atoms with Crippen LogP contribution in [0.15, 0.2) is 0 Å². The number of primary amides is 2. The summed E-state index contributed by atoms with van der Waals surface area (Å²) in [7, 11) is 0. The van der Waals surface area contributed by atoms with E-state index in [1.165, 1.54) is 6.92 Å². The highest BCUT2D eigenvalue weighted by Crippen LogP contribution is 1.99. The van der Waals surface area contributed by atoms with E-state index in [1.54, 1.807) is 0 Å². The second kappa shape index (κ2) is 13.5. The van der Waals surface area contributed by atoms with Crippen molar-refractivity contribution in [2.75, 3.05) is 6.54 Å². The van der Waals surface area contributed by atoms with Crippen LogP contribution in [0.4, 0.5) is 0 Å². The number of nitrogens with one attached hydrogen (secondary N) is 1. The van der Waals surface area contributed by atoms with Gasteiger partial charge in [-0.05, 0) is 32.2 Å². The molecule has 0 aliphatic carbocycles. The molecule has 0 rings (SSSR count). The molecule has 2 atom stereocenters. The van der Waals surface area contributed by atoms with Crippen molar-refractivity contribution in [2.24, 2.45) is 22.9 Å². The van der Waals surface area contributed by atoms with Crippen LogP contribution in [0.1, 0.15) is 39.0 Å². The SMILES string of the molecule is CC(=O)N[C@@H](CCCCN)C(N)=O.NC(=O)CC[C@H](N)C(=O)O. The van der Waals surface area contributed by atoms with Gasteiger partial charge in [0.15, 0.2) is 0 Å². The van der Waals surface area contributed by atoms with Crippen LogP contribution in [-0.4, -0.2) is 47.4 Å². The molecular formula is C13H27N5O5. The van der Waals surface area contributed by atoms with Crippen molar-refractivity contribution >= 4 is 23.7 Å². The molecule has 10 nitrogen and oxygen atoms in total. The molecule has 10 N–H and O–H groups in total. The van der Waals surface area contributed by atoms with Crippen molar-refractivity contribution in [3.8, 4) is 0 Å². The molecule has 0 saturated heterocycles. The zero-order valence-corrected chi connectivity index (χ0v) is 13.3. The van der Waals surface area contributed by atoms with Crippen LogP contribution in [0.2, 0.25) is 0 Å². The second-order valence-corrected chi connectivity index (χ2v) is 4.89. The summed E-state index contributed by atoms with van der Waals surface area (Å²) < 4.78 is 0. The first-order valence-corrected chi connectivity index (χ1v) is 7.15. The molecule has 0 saturated carbocycles. The highest BCUT2D eigenvalue weighted by molar-refractivity contribution is 5.85. The number of rotatable bonds is 10. The Hall–Kier alpha value is -2.20. The summed E-state index contributed by atoms with van der Waals surface area (Å²) in [4.78, 5) is 41.6. The standard InChI is InChI=1S/C8H17N3O2.C5H10N2O3/c1-6(12)11-7(8(10)13)4-2-3-5-9;6-3(5(9)10)1-2-4(7)8/h7H,2-5,9H2,1H3,(H2,10,13)(H,11,12);3H,1-2,6H2,(H2,7,8)(H,9,10)/t7-;3-/m00/s1. The fourth-order valence-electron chi connectivity index (χ4n) is 1.44. The van der Waals surface area contributed by atoms with Gasteiger partial charge in [-0.3, -0.25) is 19.2 Å². The van der Waals surface area contributed by atoms with E-state index in [0.29, 0.717) is 13.0 Å². The summed E-state index contributed by atoms with van der Waals surface area (Å²) in [5.41, 5.74) is 20.2. The summed E-state index contributed by atoms with van der Waals surface area (Å²) in [6.07, 6.45) is 2.32. The van der Waals surface area contributed by atoms with Gasteiger partial charge in [0.25, 0.3) is 0 Å². The third-order valence-corrected chi connectivity index (χ3v) is 2.69. The lowest BCUT2D eigenvalue weighted by molar-refractivity contribution is -0.138. The average Bonchev–Trinajstić information content (AvgIpc) is 2.43. The van der Waals surface area contributed by atoms with Gasteiger partial charge in [-0.1, -0.05) is 0 Å². The third-order valence-electron chi connectivity index (χ3n) is 2.69. The molecule has 0 unspecified atom stereocenters. The van der Waals surface area contributed by atoms with Gasteiger partial charge >= 0.3 is 5.97 Å². The predicted molar refractivity (Wildman–Crippen MR) is 83.7 cm³/mol. The minimum atomic E-state index is -1.11. The molecule has 0 aliphatic heterocycles. The lowest BCUT2D eigenvalue weighted by Gasteiger charge is -2.13. The monoisotopic (exact) mass is 333 g/mol. The molecule has 0 aliphatic rings. The van der Waals surface area contributed by atoms with Gasteiger partial charge in [0.05, 0.1) is 0 Å². The number of amides is 3. The summed E-state index contributed by atoms with van der Waals surface area (Å²) in [5.74, 6) is -2.37. The molecule has 3 amide bonds. The topological polar surface area (TPSA) is 205 Å². The van der Waals surface area contributed by atoms with E-state index in [1.807, 2.05) is 0 Å². The first-order valence-electron chi connectivity index (χ1n) is 7.15. The van der Waals surface area contributed by atoms with Crippen molar-refractivity contribution in [3.05, 3.63) is 0 Å². The zero-order chi connectivity index (χ0) is 18.4. The van der Waals surface area contributed by atoms with E-state index < -0.39 is 29.9 Å². The van der Waals surface area contributed by atoms with E-state index in [-0.39, 0.29) is 18.7 Å². The van der Waals surface area contributed by atoms with Gasteiger partial charge in [-0.2, -0.15) is 0 Å². The van der Waals surface area contributed by atoms with Crippen molar-refractivity contribution in [3.63, 3.8) is 0 Å². The molecule has 134 valence electrons. The molecule has 0 aromatic heterocycles. The van der Waals surface area contributed by atoms with E-state index in [9.17, 15) is 19.2 Å². The van der Waals surface area contributed by atoms with Crippen LogP contribution in [-0.2, 0) is 19.2 Å². The predicted octanol–water partition coefficient (Wildman–Crippen LogP) is -2.23. The maximum Gasteiger partial charge on any atom is 0.320 e. The zero-order valence-electron chi connectivity index (χ0n) is 13.3. The maximum atomic E-state index is 10.8. The van der Waals surface area contributed by atoms with E-state index >= 15 is 0 Å². The number of unbranched alkanes of at least 4 members (excludes halogenated alkanes) is 1. The summed E-state index contributed by atoms with van der Waals surface area (Å²) in [5, 5.41) is 10.7. The lowest BCUT2D eigenvalue weighted by atomic mass is 10.1. The second-order valence-electron chi connectivity index (χ2n) is 4.89. The minimum Gasteiger partial charge on any atom is -0.480 e. The van der Waals surface area contributed by atoms with Crippen molar-refractivity contribution in [1.82, 2.24) is 5.32 Å². The fraction of sp³-hybridized carbons (Fsp3) is 0.692. The molecular weight excluding hydrogens is 306 g/mol. The molecule has 0 radical (unpaired) electrons. The van der Waals surface area contributed by atoms with Gasteiger partial charge in [0.1, 0.15) is 12.1 Å². The summed E-state index contributed by atoms with van der Waals surface area (Å²) >= 11 is 0. The molecule has 0 aromatic rings. The average molecular weight is 333 g/mol. The van der Waals surface area contributed by atoms with Gasteiger partial charge in [-0.15, -0.1) is 0 Å². The molecule has 0 spiro atoms. The molecule has 10 heteroatoms. The van der Waals surface area contributed by atoms with Gasteiger partial charge in [-0.25, -0.2) is 0 Å². The van der Waals surface area contributed by atoms with Crippen molar-refractivity contribution < 1.29 is 24.3 Å². The van der Waals surface area contributed by atoms with Crippen molar-refractivity contribution in [1.29, 1.82) is 0 Å². The van der Waals surface area contributed by atoms with Gasteiger partial charge in [0, 0.05) is 13.3 Å². The third kappa shape index (κ3) is 16.0. The largest absolute Gasteiger partial charge is 0.480 e. The fourth-order valence-corrected chi connectivity index (χ4v) is 1.44. The molecule has 0 bridgehead atoms. The highest BCUT2D eigenvalue weighted by atomic mass is 16.4. The number of carbonyl (C=O) groups is 4. The Morgan fingerprint density at radius 1 is 1.09 bits per heavy atom. The Balaban J connectivity index is 0. The highest BCUT2D eigenvalue weighted by Gasteiger charge is 2.14. The first-order chi connectivity index (χ1) is 10.6. The Kier molecular flexibility index (Phi) is 13.5. The normalized spacial score (nSPS) is 12.3. The summed E-state index contributed by atoms with van der Waals surface area (Å²) in [6.45, 7) is 1.95. The van der Waals surface area contributed by atoms with Crippen molar-refractivity contribution in [2.45, 2.75) is 51.1 Å². The van der Waals surface area contributed by atoms with Crippen LogP contribution in [0, 0.1) is 0 Å². The quantitative estimate of drug-likeness (QED) is 0.242. The Bertz CT molecular complexity index is 402. The van der Waals surface area contributed by atoms with Crippen LogP contribution in [0.25, 0.3) is 0 Å². The van der Waals surface area contributed by atoms with Gasteiger partial charge < -0.3 is 33.4 Å². The van der Waals surface area contributed by atoms with Crippen LogP contribution in [0.5, 0.6) is 0 Å². The number of hydrogen-bond donors (Lipinski definition) is 6. The molecule has 0 fully saturated rings. The van der Waals surface area contributed by atoms with E-state index in [2.05, 4.69) is 5.32 Å².